The summed E-state index contributed by atoms with van der Waals surface area (Å²) in [7, 11) is 0. The highest BCUT2D eigenvalue weighted by molar-refractivity contribution is 8.00. The summed E-state index contributed by atoms with van der Waals surface area (Å²) in [5, 5.41) is 5.87. The Bertz CT molecular complexity index is 866. The summed E-state index contributed by atoms with van der Waals surface area (Å²) in [6.45, 7) is 8.07. The summed E-state index contributed by atoms with van der Waals surface area (Å²) in [6.07, 6.45) is 0. The number of ether oxygens (including phenoxy) is 1. The largest absolute Gasteiger partial charge is 0.379 e. The number of hydrogen-bond donors (Lipinski definition) is 2. The van der Waals surface area contributed by atoms with Crippen molar-refractivity contribution in [2.45, 2.75) is 31.3 Å². The first-order chi connectivity index (χ1) is 14.5. The summed E-state index contributed by atoms with van der Waals surface area (Å²) < 4.78 is 5.40. The number of amides is 2. The lowest BCUT2D eigenvalue weighted by atomic mass is 10.1. The number of anilines is 1. The molecule has 2 amide bonds. The van der Waals surface area contributed by atoms with E-state index in [1.54, 1.807) is 6.07 Å². The van der Waals surface area contributed by atoms with E-state index < -0.39 is 0 Å². The number of carbonyl (C=O) groups is 2. The van der Waals surface area contributed by atoms with Crippen molar-refractivity contribution in [1.29, 1.82) is 0 Å². The van der Waals surface area contributed by atoms with Crippen molar-refractivity contribution >= 4 is 29.3 Å². The van der Waals surface area contributed by atoms with Gasteiger partial charge in [-0.05, 0) is 43.7 Å². The van der Waals surface area contributed by atoms with Crippen molar-refractivity contribution < 1.29 is 14.3 Å². The van der Waals surface area contributed by atoms with Crippen molar-refractivity contribution in [2.75, 3.05) is 37.4 Å². The monoisotopic (exact) mass is 427 g/mol. The van der Waals surface area contributed by atoms with Crippen LogP contribution in [0.4, 0.5) is 5.69 Å². The number of carbonyl (C=O) groups excluding carboxylic acids is 2. The van der Waals surface area contributed by atoms with Crippen LogP contribution < -0.4 is 10.6 Å². The van der Waals surface area contributed by atoms with Gasteiger partial charge in [-0.1, -0.05) is 24.3 Å². The predicted octanol–water partition coefficient (Wildman–Crippen LogP) is 3.39. The fourth-order valence-electron chi connectivity index (χ4n) is 3.25. The zero-order valence-electron chi connectivity index (χ0n) is 17.5. The number of hydrogen-bond acceptors (Lipinski definition) is 5. The molecule has 0 saturated carbocycles. The number of nitrogens with zero attached hydrogens (tertiary/aromatic N) is 1. The highest BCUT2D eigenvalue weighted by Gasteiger charge is 2.15. The average Bonchev–Trinajstić information content (AvgIpc) is 2.73. The molecule has 1 fully saturated rings. The van der Waals surface area contributed by atoms with E-state index in [0.717, 1.165) is 49.0 Å². The molecule has 160 valence electrons. The number of morpholine rings is 1. The Balaban J connectivity index is 1.63. The predicted molar refractivity (Wildman–Crippen MR) is 121 cm³/mol. The molecule has 0 aliphatic carbocycles. The van der Waals surface area contributed by atoms with E-state index in [0.29, 0.717) is 5.56 Å². The van der Waals surface area contributed by atoms with Gasteiger partial charge in [0.1, 0.15) is 0 Å². The van der Waals surface area contributed by atoms with Crippen molar-refractivity contribution in [3.8, 4) is 0 Å². The molecular weight excluding hydrogens is 398 g/mol. The molecule has 3 rings (SSSR count). The maximum atomic E-state index is 12.9. The SMILES string of the molecule is CC(C)NC(=O)CSc1ccccc1C(=O)Nc1cccc(CN2CCOCC2)c1. The van der Waals surface area contributed by atoms with Crippen LogP contribution >= 0.6 is 11.8 Å². The van der Waals surface area contributed by atoms with Crippen LogP contribution in [0.1, 0.15) is 29.8 Å². The van der Waals surface area contributed by atoms with E-state index in [1.165, 1.54) is 11.8 Å². The Labute approximate surface area is 182 Å². The molecule has 1 aliphatic heterocycles. The van der Waals surface area contributed by atoms with E-state index in [-0.39, 0.29) is 23.6 Å². The van der Waals surface area contributed by atoms with Crippen LogP contribution in [0.5, 0.6) is 0 Å². The molecule has 0 bridgehead atoms. The van der Waals surface area contributed by atoms with Gasteiger partial charge in [0.05, 0.1) is 24.5 Å². The first-order valence-electron chi connectivity index (χ1n) is 10.2. The van der Waals surface area contributed by atoms with Crippen molar-refractivity contribution in [1.82, 2.24) is 10.2 Å². The standard InChI is InChI=1S/C23H29N3O3S/c1-17(2)24-22(27)16-30-21-9-4-3-8-20(21)23(28)25-19-7-5-6-18(14-19)15-26-10-12-29-13-11-26/h3-9,14,17H,10-13,15-16H2,1-2H3,(H,24,27)(H,25,28). The van der Waals surface area contributed by atoms with E-state index in [2.05, 4.69) is 21.6 Å². The Morgan fingerprint density at radius 2 is 1.87 bits per heavy atom. The molecule has 0 spiro atoms. The lowest BCUT2D eigenvalue weighted by Crippen LogP contribution is -2.35. The number of thioether (sulfide) groups is 1. The summed E-state index contributed by atoms with van der Waals surface area (Å²) >= 11 is 1.37. The second-order valence-electron chi connectivity index (χ2n) is 7.55. The summed E-state index contributed by atoms with van der Waals surface area (Å²) in [5.41, 5.74) is 2.49. The average molecular weight is 428 g/mol. The van der Waals surface area contributed by atoms with Crippen molar-refractivity contribution in [2.24, 2.45) is 0 Å². The number of rotatable bonds is 8. The lowest BCUT2D eigenvalue weighted by molar-refractivity contribution is -0.119. The number of benzene rings is 2. The van der Waals surface area contributed by atoms with Crippen LogP contribution in [0.15, 0.2) is 53.4 Å². The van der Waals surface area contributed by atoms with Gasteiger partial charge < -0.3 is 15.4 Å². The molecule has 1 aliphatic rings. The van der Waals surface area contributed by atoms with E-state index in [1.807, 2.05) is 50.2 Å². The zero-order valence-corrected chi connectivity index (χ0v) is 18.3. The second kappa shape index (κ2) is 11.2. The molecule has 0 aromatic heterocycles. The fraction of sp³-hybridized carbons (Fsp3) is 0.391. The fourth-order valence-corrected chi connectivity index (χ4v) is 4.11. The smallest absolute Gasteiger partial charge is 0.256 e. The Morgan fingerprint density at radius 3 is 2.63 bits per heavy atom. The van der Waals surface area contributed by atoms with Gasteiger partial charge in [0.25, 0.3) is 5.91 Å². The van der Waals surface area contributed by atoms with Gasteiger partial charge in [-0.3, -0.25) is 14.5 Å². The third-order valence-corrected chi connectivity index (χ3v) is 5.71. The van der Waals surface area contributed by atoms with E-state index in [4.69, 9.17) is 4.74 Å². The topological polar surface area (TPSA) is 70.7 Å². The van der Waals surface area contributed by atoms with E-state index in [9.17, 15) is 9.59 Å². The molecule has 2 aromatic rings. The van der Waals surface area contributed by atoms with Gasteiger partial charge >= 0.3 is 0 Å². The van der Waals surface area contributed by atoms with Crippen LogP contribution in [0.2, 0.25) is 0 Å². The van der Waals surface area contributed by atoms with Gasteiger partial charge in [-0.25, -0.2) is 0 Å². The molecule has 2 N–H and O–H groups in total. The molecule has 0 unspecified atom stereocenters. The van der Waals surface area contributed by atoms with Crippen molar-refractivity contribution in [3.63, 3.8) is 0 Å². The normalized spacial score (nSPS) is 14.5. The number of nitrogens with one attached hydrogen (secondary N) is 2. The quantitative estimate of drug-likeness (QED) is 0.632. The molecule has 0 atom stereocenters. The molecule has 2 aromatic carbocycles. The van der Waals surface area contributed by atoms with Crippen LogP contribution in [0.3, 0.4) is 0 Å². The van der Waals surface area contributed by atoms with Gasteiger partial charge in [-0.15, -0.1) is 11.8 Å². The molecule has 30 heavy (non-hydrogen) atoms. The molecule has 6 nitrogen and oxygen atoms in total. The molecular formula is C23H29N3O3S. The maximum Gasteiger partial charge on any atom is 0.256 e. The van der Waals surface area contributed by atoms with Gasteiger partial charge in [0, 0.05) is 36.3 Å². The van der Waals surface area contributed by atoms with Crippen LogP contribution in [-0.2, 0) is 16.1 Å². The second-order valence-corrected chi connectivity index (χ2v) is 8.57. The van der Waals surface area contributed by atoms with Crippen LogP contribution in [0, 0.1) is 0 Å². The maximum absolute atomic E-state index is 12.9. The highest BCUT2D eigenvalue weighted by atomic mass is 32.2. The molecule has 7 heteroatoms. The van der Waals surface area contributed by atoms with Crippen LogP contribution in [0.25, 0.3) is 0 Å². The van der Waals surface area contributed by atoms with Crippen molar-refractivity contribution in [3.05, 3.63) is 59.7 Å². The van der Waals surface area contributed by atoms with E-state index >= 15 is 0 Å². The summed E-state index contributed by atoms with van der Waals surface area (Å²) in [6, 6.07) is 15.4. The molecule has 0 radical (unpaired) electrons. The lowest BCUT2D eigenvalue weighted by Gasteiger charge is -2.26. The minimum Gasteiger partial charge on any atom is -0.379 e. The third-order valence-electron chi connectivity index (χ3n) is 4.63. The van der Waals surface area contributed by atoms with Gasteiger partial charge in [0.15, 0.2) is 0 Å². The first kappa shape index (κ1) is 22.3. The molecule has 1 saturated heterocycles. The van der Waals surface area contributed by atoms with Gasteiger partial charge in [0.2, 0.25) is 5.91 Å². The summed E-state index contributed by atoms with van der Waals surface area (Å²) in [4.78, 5) is 28.0. The highest BCUT2D eigenvalue weighted by Crippen LogP contribution is 2.24. The Hall–Kier alpha value is -2.35. The summed E-state index contributed by atoms with van der Waals surface area (Å²) in [5.74, 6) is 0.0595. The Morgan fingerprint density at radius 1 is 1.10 bits per heavy atom. The first-order valence-corrected chi connectivity index (χ1v) is 11.2. The minimum absolute atomic E-state index is 0.0407. The Kier molecular flexibility index (Phi) is 8.30. The third kappa shape index (κ3) is 6.86. The zero-order chi connectivity index (χ0) is 21.3. The van der Waals surface area contributed by atoms with Gasteiger partial charge in [-0.2, -0.15) is 0 Å². The molecule has 1 heterocycles. The minimum atomic E-state index is -0.175. The van der Waals surface area contributed by atoms with Crippen LogP contribution in [-0.4, -0.2) is 54.8 Å².